The summed E-state index contributed by atoms with van der Waals surface area (Å²) in [6, 6.07) is 14.9. The van der Waals surface area contributed by atoms with E-state index in [0.29, 0.717) is 6.42 Å². The number of benzene rings is 2. The van der Waals surface area contributed by atoms with Crippen molar-refractivity contribution in [2.45, 2.75) is 12.3 Å². The van der Waals surface area contributed by atoms with E-state index in [2.05, 4.69) is 0 Å². The van der Waals surface area contributed by atoms with Crippen LogP contribution in [0, 0.1) is 0 Å². The zero-order valence-electron chi connectivity index (χ0n) is 10.9. The fraction of sp³-hybridized carbons (Fsp3) is 0.250. The number of hydrogen-bond acceptors (Lipinski definition) is 3. The number of aliphatic hydroxyl groups excluding tert-OH is 1. The van der Waals surface area contributed by atoms with Gasteiger partial charge in [-0.25, -0.2) is 0 Å². The lowest BCUT2D eigenvalue weighted by molar-refractivity contribution is 0.263. The van der Waals surface area contributed by atoms with E-state index in [1.807, 2.05) is 36.4 Å². The Balaban J connectivity index is 2.17. The molecule has 2 aromatic rings. The van der Waals surface area contributed by atoms with Crippen molar-refractivity contribution in [1.82, 2.24) is 0 Å². The lowest BCUT2D eigenvalue weighted by Gasteiger charge is -2.16. The number of phenols is 1. The lowest BCUT2D eigenvalue weighted by Crippen LogP contribution is -2.08. The first kappa shape index (κ1) is 13.4. The molecule has 100 valence electrons. The highest BCUT2D eigenvalue weighted by atomic mass is 16.5. The van der Waals surface area contributed by atoms with Crippen LogP contribution in [-0.4, -0.2) is 23.9 Å². The van der Waals surface area contributed by atoms with Crippen molar-refractivity contribution >= 4 is 0 Å². The second-order valence-corrected chi connectivity index (χ2v) is 4.49. The van der Waals surface area contributed by atoms with Crippen LogP contribution in [0.25, 0.3) is 0 Å². The second-order valence-electron chi connectivity index (χ2n) is 4.49. The van der Waals surface area contributed by atoms with Gasteiger partial charge in [0.05, 0.1) is 13.7 Å². The highest BCUT2D eigenvalue weighted by Crippen LogP contribution is 2.26. The second kappa shape index (κ2) is 6.25. The van der Waals surface area contributed by atoms with Crippen molar-refractivity contribution in [1.29, 1.82) is 0 Å². The van der Waals surface area contributed by atoms with Crippen molar-refractivity contribution < 1.29 is 14.9 Å². The van der Waals surface area contributed by atoms with E-state index in [0.717, 1.165) is 16.9 Å². The van der Waals surface area contributed by atoms with Gasteiger partial charge in [-0.15, -0.1) is 0 Å². The minimum Gasteiger partial charge on any atom is -0.508 e. The standard InChI is InChI=1S/C16H18O3/c1-19-15-8-6-12(7-9-15)14(11-17)10-13-4-2-3-5-16(13)18/h2-9,14,17-18H,10-11H2,1H3/t14-/m0/s1. The van der Waals surface area contributed by atoms with Gasteiger partial charge in [0.1, 0.15) is 11.5 Å². The quantitative estimate of drug-likeness (QED) is 0.867. The van der Waals surface area contributed by atoms with Crippen molar-refractivity contribution in [2.75, 3.05) is 13.7 Å². The largest absolute Gasteiger partial charge is 0.508 e. The Hall–Kier alpha value is -2.00. The monoisotopic (exact) mass is 258 g/mol. The zero-order valence-corrected chi connectivity index (χ0v) is 10.9. The molecule has 0 amide bonds. The number of ether oxygens (including phenoxy) is 1. The van der Waals surface area contributed by atoms with Gasteiger partial charge in [0, 0.05) is 5.92 Å². The van der Waals surface area contributed by atoms with Crippen LogP contribution in [0.2, 0.25) is 0 Å². The molecule has 2 aromatic carbocycles. The summed E-state index contributed by atoms with van der Waals surface area (Å²) in [5.41, 5.74) is 1.88. The first-order valence-corrected chi connectivity index (χ1v) is 6.26. The summed E-state index contributed by atoms with van der Waals surface area (Å²) in [5, 5.41) is 19.3. The van der Waals surface area contributed by atoms with Gasteiger partial charge in [-0.3, -0.25) is 0 Å². The molecule has 3 nitrogen and oxygen atoms in total. The molecule has 0 saturated heterocycles. The molecule has 19 heavy (non-hydrogen) atoms. The highest BCUT2D eigenvalue weighted by molar-refractivity contribution is 5.35. The fourth-order valence-electron chi connectivity index (χ4n) is 2.11. The normalized spacial score (nSPS) is 12.1. The molecule has 0 radical (unpaired) electrons. The van der Waals surface area contributed by atoms with E-state index in [1.54, 1.807) is 19.2 Å². The van der Waals surface area contributed by atoms with Gasteiger partial charge in [0.2, 0.25) is 0 Å². The number of aliphatic hydroxyl groups is 1. The molecule has 0 unspecified atom stereocenters. The van der Waals surface area contributed by atoms with Crippen LogP contribution in [0.5, 0.6) is 11.5 Å². The number of phenolic OH excluding ortho intramolecular Hbond substituents is 1. The van der Waals surface area contributed by atoms with Gasteiger partial charge in [-0.2, -0.15) is 0 Å². The van der Waals surface area contributed by atoms with Crippen LogP contribution in [0.4, 0.5) is 0 Å². The molecule has 2 N–H and O–H groups in total. The molecular weight excluding hydrogens is 240 g/mol. The third-order valence-electron chi connectivity index (χ3n) is 3.27. The maximum atomic E-state index is 9.78. The Kier molecular flexibility index (Phi) is 4.42. The molecule has 0 saturated carbocycles. The Morgan fingerprint density at radius 3 is 2.32 bits per heavy atom. The summed E-state index contributed by atoms with van der Waals surface area (Å²) in [6.45, 7) is 0.0423. The van der Waals surface area contributed by atoms with Crippen LogP contribution >= 0.6 is 0 Å². The summed E-state index contributed by atoms with van der Waals surface area (Å²) in [6.07, 6.45) is 0.607. The van der Waals surface area contributed by atoms with Crippen molar-refractivity contribution in [3.63, 3.8) is 0 Å². The first-order chi connectivity index (χ1) is 9.24. The maximum absolute atomic E-state index is 9.78. The van der Waals surface area contributed by atoms with E-state index in [1.165, 1.54) is 0 Å². The van der Waals surface area contributed by atoms with Crippen LogP contribution in [0.3, 0.4) is 0 Å². The van der Waals surface area contributed by atoms with Gasteiger partial charge >= 0.3 is 0 Å². The predicted octanol–water partition coefficient (Wildman–Crippen LogP) is 2.72. The highest BCUT2D eigenvalue weighted by Gasteiger charge is 2.13. The van der Waals surface area contributed by atoms with E-state index in [-0.39, 0.29) is 18.3 Å². The predicted molar refractivity (Wildman–Crippen MR) is 74.6 cm³/mol. The summed E-state index contributed by atoms with van der Waals surface area (Å²) >= 11 is 0. The molecule has 2 rings (SSSR count). The van der Waals surface area contributed by atoms with E-state index in [4.69, 9.17) is 4.74 Å². The number of para-hydroxylation sites is 1. The summed E-state index contributed by atoms with van der Waals surface area (Å²) < 4.78 is 5.12. The molecule has 0 aliphatic rings. The summed E-state index contributed by atoms with van der Waals surface area (Å²) in [7, 11) is 1.63. The van der Waals surface area contributed by atoms with Crippen molar-refractivity contribution in [3.05, 3.63) is 59.7 Å². The minimum absolute atomic E-state index is 0.0285. The Bertz CT molecular complexity index is 520. The van der Waals surface area contributed by atoms with Gasteiger partial charge in [-0.1, -0.05) is 30.3 Å². The number of methoxy groups -OCH3 is 1. The van der Waals surface area contributed by atoms with Crippen molar-refractivity contribution in [2.24, 2.45) is 0 Å². The van der Waals surface area contributed by atoms with Gasteiger partial charge in [-0.05, 0) is 35.7 Å². The Morgan fingerprint density at radius 1 is 1.05 bits per heavy atom. The number of rotatable bonds is 5. The molecule has 1 atom stereocenters. The van der Waals surface area contributed by atoms with E-state index < -0.39 is 0 Å². The lowest BCUT2D eigenvalue weighted by atomic mass is 9.92. The van der Waals surface area contributed by atoms with E-state index in [9.17, 15) is 10.2 Å². The number of aromatic hydroxyl groups is 1. The average Bonchev–Trinajstić information content (AvgIpc) is 2.47. The Morgan fingerprint density at radius 2 is 1.74 bits per heavy atom. The van der Waals surface area contributed by atoms with E-state index >= 15 is 0 Å². The van der Waals surface area contributed by atoms with Crippen LogP contribution in [0.1, 0.15) is 17.0 Å². The first-order valence-electron chi connectivity index (χ1n) is 6.26. The molecule has 0 spiro atoms. The fourth-order valence-corrected chi connectivity index (χ4v) is 2.11. The summed E-state index contributed by atoms with van der Waals surface area (Å²) in [4.78, 5) is 0. The van der Waals surface area contributed by atoms with Crippen LogP contribution in [-0.2, 0) is 6.42 Å². The van der Waals surface area contributed by atoms with Crippen LogP contribution < -0.4 is 4.74 Å². The molecule has 0 bridgehead atoms. The SMILES string of the molecule is COc1ccc([C@H](CO)Cc2ccccc2O)cc1. The zero-order chi connectivity index (χ0) is 13.7. The summed E-state index contributed by atoms with van der Waals surface area (Å²) in [5.74, 6) is 1.04. The van der Waals surface area contributed by atoms with Crippen LogP contribution in [0.15, 0.2) is 48.5 Å². The third-order valence-corrected chi connectivity index (χ3v) is 3.27. The molecule has 0 aliphatic heterocycles. The van der Waals surface area contributed by atoms with Gasteiger partial charge in [0.15, 0.2) is 0 Å². The number of hydrogen-bond donors (Lipinski definition) is 2. The molecule has 0 fully saturated rings. The van der Waals surface area contributed by atoms with Crippen molar-refractivity contribution in [3.8, 4) is 11.5 Å². The average molecular weight is 258 g/mol. The smallest absolute Gasteiger partial charge is 0.118 e. The maximum Gasteiger partial charge on any atom is 0.118 e. The molecule has 3 heteroatoms. The third kappa shape index (κ3) is 3.26. The van der Waals surface area contributed by atoms with Gasteiger partial charge < -0.3 is 14.9 Å². The molecule has 0 aliphatic carbocycles. The molecule has 0 heterocycles. The van der Waals surface area contributed by atoms with Gasteiger partial charge in [0.25, 0.3) is 0 Å². The Labute approximate surface area is 113 Å². The molecular formula is C16H18O3. The molecule has 0 aromatic heterocycles. The topological polar surface area (TPSA) is 49.7 Å². The minimum atomic E-state index is -0.0285.